The topological polar surface area (TPSA) is 29.5 Å². The van der Waals surface area contributed by atoms with Crippen molar-refractivity contribution in [2.24, 2.45) is 0 Å². The summed E-state index contributed by atoms with van der Waals surface area (Å²) in [5, 5.41) is 14.6. The Balaban J connectivity index is 0.000000170. The molecule has 1 aliphatic carbocycles. The van der Waals surface area contributed by atoms with Crippen LogP contribution in [0.2, 0.25) is 0 Å². The van der Waals surface area contributed by atoms with Crippen LogP contribution in [-0.2, 0) is 12.8 Å². The molecule has 136 valence electrons. The van der Waals surface area contributed by atoms with Gasteiger partial charge in [0.2, 0.25) is 0 Å². The molecule has 0 aliphatic heterocycles. The highest BCUT2D eigenvalue weighted by Gasteiger charge is 2.13. The first-order valence-electron chi connectivity index (χ1n) is 9.52. The molecule has 4 aromatic carbocycles. The third kappa shape index (κ3) is 3.48. The lowest BCUT2D eigenvalue weighted by atomic mass is 9.86. The molecule has 2 nitrogen and oxygen atoms in total. The molecule has 0 bridgehead atoms. The molecule has 5 rings (SSSR count). The maximum Gasteiger partial charge on any atom is 0.160 e. The van der Waals surface area contributed by atoms with Crippen LogP contribution < -0.4 is 4.74 Å². The van der Waals surface area contributed by atoms with Crippen LogP contribution in [0.1, 0.15) is 24.0 Å². The Morgan fingerprint density at radius 3 is 2.26 bits per heavy atom. The van der Waals surface area contributed by atoms with Gasteiger partial charge in [-0.1, -0.05) is 60.7 Å². The summed E-state index contributed by atoms with van der Waals surface area (Å²) in [4.78, 5) is 0. The van der Waals surface area contributed by atoms with Crippen molar-refractivity contribution in [1.82, 2.24) is 0 Å². The van der Waals surface area contributed by atoms with Crippen LogP contribution in [0.3, 0.4) is 0 Å². The monoisotopic (exact) mass is 356 g/mol. The van der Waals surface area contributed by atoms with Crippen molar-refractivity contribution < 1.29 is 9.84 Å². The normalized spacial score (nSPS) is 12.9. The Labute approximate surface area is 160 Å². The fraction of sp³-hybridized carbons (Fsp3) is 0.200. The molecule has 0 heterocycles. The number of aryl methyl sites for hydroxylation is 2. The lowest BCUT2D eigenvalue weighted by Gasteiger charge is -2.18. The Morgan fingerprint density at radius 2 is 1.44 bits per heavy atom. The van der Waals surface area contributed by atoms with Crippen LogP contribution >= 0.6 is 0 Å². The number of rotatable bonds is 1. The van der Waals surface area contributed by atoms with Gasteiger partial charge in [-0.3, -0.25) is 0 Å². The number of para-hydroxylation sites is 2. The van der Waals surface area contributed by atoms with Crippen molar-refractivity contribution >= 4 is 21.5 Å². The first-order chi connectivity index (χ1) is 13.3. The molecule has 0 atom stereocenters. The molecule has 0 radical (unpaired) electrons. The van der Waals surface area contributed by atoms with E-state index in [9.17, 15) is 0 Å². The molecule has 0 amide bonds. The van der Waals surface area contributed by atoms with Crippen molar-refractivity contribution in [1.29, 1.82) is 0 Å². The Hall–Kier alpha value is -3.00. The molecule has 0 spiro atoms. The molecule has 4 aromatic rings. The fourth-order valence-corrected chi connectivity index (χ4v) is 3.97. The van der Waals surface area contributed by atoms with Crippen molar-refractivity contribution in [3.05, 3.63) is 83.9 Å². The molecular formula is C25H24O2. The van der Waals surface area contributed by atoms with E-state index in [4.69, 9.17) is 9.84 Å². The lowest BCUT2D eigenvalue weighted by molar-refractivity contribution is 0.373. The van der Waals surface area contributed by atoms with Crippen LogP contribution in [0.5, 0.6) is 11.5 Å². The quantitative estimate of drug-likeness (QED) is 0.407. The van der Waals surface area contributed by atoms with Crippen molar-refractivity contribution in [2.45, 2.75) is 25.7 Å². The van der Waals surface area contributed by atoms with Gasteiger partial charge in [0.25, 0.3) is 0 Å². The SMILES string of the molecule is COc1ccccc1O.c1ccc2c(c1)ccc1c3c(ccc12)CCCC3. The van der Waals surface area contributed by atoms with Crippen LogP contribution in [0.25, 0.3) is 21.5 Å². The van der Waals surface area contributed by atoms with Gasteiger partial charge < -0.3 is 9.84 Å². The van der Waals surface area contributed by atoms with Crippen LogP contribution in [-0.4, -0.2) is 12.2 Å². The molecule has 2 heteroatoms. The molecule has 1 aliphatic rings. The zero-order valence-corrected chi connectivity index (χ0v) is 15.6. The van der Waals surface area contributed by atoms with E-state index in [0.29, 0.717) is 5.75 Å². The summed E-state index contributed by atoms with van der Waals surface area (Å²) >= 11 is 0. The molecule has 0 aromatic heterocycles. The van der Waals surface area contributed by atoms with Gasteiger partial charge in [-0.15, -0.1) is 0 Å². The largest absolute Gasteiger partial charge is 0.504 e. The molecule has 0 saturated heterocycles. The maximum atomic E-state index is 8.99. The predicted octanol–water partition coefficient (Wildman–Crippen LogP) is 6.27. The predicted molar refractivity (Wildman–Crippen MR) is 113 cm³/mol. The number of hydrogen-bond donors (Lipinski definition) is 1. The molecule has 0 fully saturated rings. The zero-order valence-electron chi connectivity index (χ0n) is 15.6. The van der Waals surface area contributed by atoms with Gasteiger partial charge in [-0.2, -0.15) is 0 Å². The number of phenols is 1. The summed E-state index contributed by atoms with van der Waals surface area (Å²) in [6.45, 7) is 0. The summed E-state index contributed by atoms with van der Waals surface area (Å²) < 4.78 is 4.79. The average molecular weight is 356 g/mol. The van der Waals surface area contributed by atoms with Gasteiger partial charge in [0.1, 0.15) is 0 Å². The first-order valence-corrected chi connectivity index (χ1v) is 9.52. The second-order valence-electron chi connectivity index (χ2n) is 6.96. The Morgan fingerprint density at radius 1 is 0.704 bits per heavy atom. The fourth-order valence-electron chi connectivity index (χ4n) is 3.97. The van der Waals surface area contributed by atoms with Crippen LogP contribution in [0.15, 0.2) is 72.8 Å². The summed E-state index contributed by atoms with van der Waals surface area (Å²) in [6.07, 6.45) is 5.22. The van der Waals surface area contributed by atoms with Crippen LogP contribution in [0, 0.1) is 0 Å². The number of benzene rings is 4. The van der Waals surface area contributed by atoms with E-state index in [1.165, 1.54) is 54.3 Å². The van der Waals surface area contributed by atoms with E-state index in [-0.39, 0.29) is 5.75 Å². The van der Waals surface area contributed by atoms with E-state index >= 15 is 0 Å². The minimum absolute atomic E-state index is 0.181. The highest BCUT2D eigenvalue weighted by Crippen LogP contribution is 2.33. The van der Waals surface area contributed by atoms with E-state index in [0.717, 1.165) is 0 Å². The number of aromatic hydroxyl groups is 1. The standard InChI is InChI=1S/C18H16.C7H8O2/c1-3-7-15-13(5-1)9-11-18-16-8-4-2-6-14(16)10-12-17(15)18;1-9-7-5-3-2-4-6(7)8/h1,3,5,7,9-12H,2,4,6,8H2;2-5,8H,1H3. The highest BCUT2D eigenvalue weighted by atomic mass is 16.5. The minimum atomic E-state index is 0.181. The summed E-state index contributed by atoms with van der Waals surface area (Å²) in [6, 6.07) is 24.8. The molecule has 0 saturated carbocycles. The van der Waals surface area contributed by atoms with Gasteiger partial charge in [0, 0.05) is 0 Å². The average Bonchev–Trinajstić information content (AvgIpc) is 2.74. The van der Waals surface area contributed by atoms with Crippen molar-refractivity contribution in [3.63, 3.8) is 0 Å². The smallest absolute Gasteiger partial charge is 0.160 e. The highest BCUT2D eigenvalue weighted by molar-refractivity contribution is 6.08. The van der Waals surface area contributed by atoms with Crippen molar-refractivity contribution in [2.75, 3.05) is 7.11 Å². The van der Waals surface area contributed by atoms with Crippen molar-refractivity contribution in [3.8, 4) is 11.5 Å². The third-order valence-electron chi connectivity index (χ3n) is 5.34. The third-order valence-corrected chi connectivity index (χ3v) is 5.34. The molecule has 1 N–H and O–H groups in total. The van der Waals surface area contributed by atoms with Gasteiger partial charge in [0.05, 0.1) is 7.11 Å². The summed E-state index contributed by atoms with van der Waals surface area (Å²) in [7, 11) is 1.52. The minimum Gasteiger partial charge on any atom is -0.504 e. The first kappa shape index (κ1) is 17.4. The number of ether oxygens (including phenoxy) is 1. The number of fused-ring (bicyclic) bond motifs is 5. The Bertz CT molecular complexity index is 1080. The van der Waals surface area contributed by atoms with E-state index < -0.39 is 0 Å². The summed E-state index contributed by atoms with van der Waals surface area (Å²) in [5.41, 5.74) is 3.17. The van der Waals surface area contributed by atoms with Gasteiger partial charge in [-0.05, 0) is 70.5 Å². The number of hydrogen-bond acceptors (Lipinski definition) is 2. The van der Waals surface area contributed by atoms with Gasteiger partial charge in [0.15, 0.2) is 11.5 Å². The van der Waals surface area contributed by atoms with E-state index in [1.807, 2.05) is 0 Å². The van der Waals surface area contributed by atoms with E-state index in [1.54, 1.807) is 35.4 Å². The second kappa shape index (κ2) is 7.71. The lowest BCUT2D eigenvalue weighted by Crippen LogP contribution is -2.02. The Kier molecular flexibility index (Phi) is 4.97. The van der Waals surface area contributed by atoms with Crippen LogP contribution in [0.4, 0.5) is 0 Å². The van der Waals surface area contributed by atoms with Gasteiger partial charge >= 0.3 is 0 Å². The molecular weight excluding hydrogens is 332 g/mol. The molecule has 0 unspecified atom stereocenters. The summed E-state index contributed by atoms with van der Waals surface area (Å²) in [5.74, 6) is 0.692. The zero-order chi connectivity index (χ0) is 18.6. The molecule has 27 heavy (non-hydrogen) atoms. The maximum absolute atomic E-state index is 8.99. The number of methoxy groups -OCH3 is 1. The number of phenolic OH excluding ortho intramolecular Hbond substituents is 1. The second-order valence-corrected chi connectivity index (χ2v) is 6.96. The van der Waals surface area contributed by atoms with E-state index in [2.05, 4.69) is 48.5 Å². The van der Waals surface area contributed by atoms with Gasteiger partial charge in [-0.25, -0.2) is 0 Å².